The van der Waals surface area contributed by atoms with Gasteiger partial charge in [0.15, 0.2) is 0 Å². The first-order valence-corrected chi connectivity index (χ1v) is 11.5. The van der Waals surface area contributed by atoms with Gasteiger partial charge in [-0.1, -0.05) is 18.2 Å². The first kappa shape index (κ1) is 24.8. The maximum atomic E-state index is 12.9. The fourth-order valence-corrected chi connectivity index (χ4v) is 4.83. The first-order valence-electron chi connectivity index (χ1n) is 9.10. The fraction of sp³-hybridized carbons (Fsp3) is 0.368. The summed E-state index contributed by atoms with van der Waals surface area (Å²) in [6.45, 7) is 2.28. The van der Waals surface area contributed by atoms with Crippen molar-refractivity contribution >= 4 is 33.2 Å². The van der Waals surface area contributed by atoms with Crippen LogP contribution in [0.4, 0.5) is 13.2 Å². The molecule has 1 N–H and O–H groups in total. The average Bonchev–Trinajstić information content (AvgIpc) is 3.22. The van der Waals surface area contributed by atoms with E-state index in [2.05, 4.69) is 4.72 Å². The monoisotopic (exact) mass is 478 g/mol. The van der Waals surface area contributed by atoms with Gasteiger partial charge in [0.2, 0.25) is 5.91 Å². The van der Waals surface area contributed by atoms with Crippen molar-refractivity contribution in [2.45, 2.75) is 36.8 Å². The van der Waals surface area contributed by atoms with E-state index in [0.717, 1.165) is 28.4 Å². The molecule has 0 aliphatic rings. The number of nitrogens with zero attached hydrogens (tertiary/aromatic N) is 1. The number of nitrogens with one attached hydrogen (secondary N) is 1. The van der Waals surface area contributed by atoms with Gasteiger partial charge in [0.1, 0.15) is 10.8 Å². The highest BCUT2D eigenvalue weighted by Crippen LogP contribution is 2.29. The molecule has 1 heterocycles. The van der Waals surface area contributed by atoms with Gasteiger partial charge in [0.25, 0.3) is 10.0 Å². The second kappa shape index (κ2) is 10.2. The van der Waals surface area contributed by atoms with Crippen molar-refractivity contribution in [3.8, 4) is 0 Å². The number of rotatable bonds is 9. The van der Waals surface area contributed by atoms with Crippen LogP contribution in [0, 0.1) is 0 Å². The predicted molar refractivity (Wildman–Crippen MR) is 108 cm³/mol. The minimum absolute atomic E-state index is 0.0202. The molecule has 1 aromatic carbocycles. The van der Waals surface area contributed by atoms with Gasteiger partial charge in [-0.15, -0.1) is 11.3 Å². The molecule has 0 bridgehead atoms. The van der Waals surface area contributed by atoms with E-state index in [1.54, 1.807) is 18.4 Å². The Morgan fingerprint density at radius 2 is 1.84 bits per heavy atom. The van der Waals surface area contributed by atoms with E-state index in [0.29, 0.717) is 5.56 Å². The molecule has 0 spiro atoms. The molecule has 2 aromatic rings. The van der Waals surface area contributed by atoms with Gasteiger partial charge in [-0.2, -0.15) is 17.9 Å². The molecule has 31 heavy (non-hydrogen) atoms. The van der Waals surface area contributed by atoms with Crippen LogP contribution < -0.4 is 4.72 Å². The lowest BCUT2D eigenvalue weighted by molar-refractivity contribution is -0.149. The summed E-state index contributed by atoms with van der Waals surface area (Å²) in [7, 11) is -3.95. The summed E-state index contributed by atoms with van der Waals surface area (Å²) in [5, 5.41) is 1.57. The molecule has 0 fully saturated rings. The maximum absolute atomic E-state index is 12.9. The second-order valence-electron chi connectivity index (χ2n) is 6.47. The number of carbonyl (C=O) groups excluding carboxylic acids is 2. The molecule has 12 heteroatoms. The summed E-state index contributed by atoms with van der Waals surface area (Å²) >= 11 is 0.974. The highest BCUT2D eigenvalue weighted by Gasteiger charge is 2.31. The number of carbonyl (C=O) groups is 2. The quantitative estimate of drug-likeness (QED) is 0.560. The van der Waals surface area contributed by atoms with Crippen molar-refractivity contribution in [1.82, 2.24) is 9.62 Å². The topological polar surface area (TPSA) is 92.8 Å². The van der Waals surface area contributed by atoms with Gasteiger partial charge in [-0.3, -0.25) is 9.59 Å². The van der Waals surface area contributed by atoms with Crippen LogP contribution in [0.25, 0.3) is 0 Å². The van der Waals surface area contributed by atoms with E-state index in [1.165, 1.54) is 25.1 Å². The van der Waals surface area contributed by atoms with Crippen LogP contribution in [-0.2, 0) is 37.1 Å². The molecule has 1 aromatic heterocycles. The van der Waals surface area contributed by atoms with Crippen molar-refractivity contribution in [1.29, 1.82) is 0 Å². The van der Waals surface area contributed by atoms with Gasteiger partial charge < -0.3 is 9.64 Å². The lowest BCUT2D eigenvalue weighted by Gasteiger charge is -2.25. The van der Waals surface area contributed by atoms with Crippen LogP contribution in [0.1, 0.15) is 25.0 Å². The van der Waals surface area contributed by atoms with Gasteiger partial charge in [0.05, 0.1) is 18.2 Å². The number of ether oxygens (including phenoxy) is 1. The summed E-state index contributed by atoms with van der Waals surface area (Å²) in [6.07, 6.45) is -4.51. The molecule has 1 atom stereocenters. The maximum Gasteiger partial charge on any atom is 0.416 e. The summed E-state index contributed by atoms with van der Waals surface area (Å²) in [5.41, 5.74) is -0.518. The number of halogens is 3. The highest BCUT2D eigenvalue weighted by atomic mass is 32.2. The summed E-state index contributed by atoms with van der Waals surface area (Å²) < 4.78 is 70.1. The highest BCUT2D eigenvalue weighted by molar-refractivity contribution is 7.91. The number of esters is 1. The van der Waals surface area contributed by atoms with Crippen molar-refractivity contribution in [3.05, 3.63) is 52.9 Å². The number of hydrogen-bond acceptors (Lipinski definition) is 6. The molecule has 0 aliphatic carbocycles. The molecular weight excluding hydrogens is 457 g/mol. The van der Waals surface area contributed by atoms with Crippen molar-refractivity contribution in [2.75, 3.05) is 13.2 Å². The molecule has 7 nitrogen and oxygen atoms in total. The third-order valence-electron chi connectivity index (χ3n) is 4.05. The van der Waals surface area contributed by atoms with Crippen LogP contribution in [0.3, 0.4) is 0 Å². The molecule has 0 saturated heterocycles. The molecule has 1 amide bonds. The molecule has 0 aliphatic heterocycles. The standard InChI is InChI=1S/C19H21F3N2O5S2/c1-3-29-16(25)12-24(11-14-6-8-15(9-7-14)19(20,21)22)18(26)13(2)23-31(27,28)17-5-4-10-30-17/h4-10,13,23H,3,11-12H2,1-2H3. The SMILES string of the molecule is CCOC(=O)CN(Cc1ccc(C(F)(F)F)cc1)C(=O)C(C)NS(=O)(=O)c1cccs1. The van der Waals surface area contributed by atoms with E-state index in [1.807, 2.05) is 0 Å². The molecular formula is C19H21F3N2O5S2. The Morgan fingerprint density at radius 3 is 2.35 bits per heavy atom. The second-order valence-corrected chi connectivity index (χ2v) is 9.36. The Kier molecular flexibility index (Phi) is 8.21. The van der Waals surface area contributed by atoms with Crippen LogP contribution in [0.2, 0.25) is 0 Å². The van der Waals surface area contributed by atoms with Crippen molar-refractivity contribution in [2.24, 2.45) is 0 Å². The fourth-order valence-electron chi connectivity index (χ4n) is 2.63. The largest absolute Gasteiger partial charge is 0.465 e. The van der Waals surface area contributed by atoms with Gasteiger partial charge in [0, 0.05) is 6.54 Å². The smallest absolute Gasteiger partial charge is 0.416 e. The first-order chi connectivity index (χ1) is 14.4. The van der Waals surface area contributed by atoms with Gasteiger partial charge >= 0.3 is 12.1 Å². The molecule has 0 radical (unpaired) electrons. The van der Waals surface area contributed by atoms with E-state index >= 15 is 0 Å². The Morgan fingerprint density at radius 1 is 1.19 bits per heavy atom. The Hall–Kier alpha value is -2.44. The van der Waals surface area contributed by atoms with E-state index < -0.39 is 46.2 Å². The Labute approximate surface area is 181 Å². The summed E-state index contributed by atoms with van der Waals surface area (Å²) in [6, 6.07) is 5.81. The minimum atomic E-state index is -4.51. The number of alkyl halides is 3. The normalized spacial score (nSPS) is 12.9. The van der Waals surface area contributed by atoms with Crippen molar-refractivity contribution < 1.29 is 35.9 Å². The number of sulfonamides is 1. The van der Waals surface area contributed by atoms with Gasteiger partial charge in [-0.05, 0) is 43.0 Å². The number of thiophene rings is 1. The van der Waals surface area contributed by atoms with E-state index in [4.69, 9.17) is 4.74 Å². The van der Waals surface area contributed by atoms with Gasteiger partial charge in [-0.25, -0.2) is 8.42 Å². The van der Waals surface area contributed by atoms with Crippen LogP contribution in [0.15, 0.2) is 46.0 Å². The third-order valence-corrected chi connectivity index (χ3v) is 6.99. The zero-order chi connectivity index (χ0) is 23.2. The zero-order valence-corrected chi connectivity index (χ0v) is 18.3. The van der Waals surface area contributed by atoms with Crippen LogP contribution in [-0.4, -0.2) is 44.4 Å². The number of hydrogen-bond donors (Lipinski definition) is 1. The molecule has 2 rings (SSSR count). The average molecular weight is 479 g/mol. The molecule has 1 unspecified atom stereocenters. The predicted octanol–water partition coefficient (Wildman–Crippen LogP) is 3.03. The zero-order valence-electron chi connectivity index (χ0n) is 16.7. The summed E-state index contributed by atoms with van der Waals surface area (Å²) in [5.74, 6) is -1.45. The number of benzene rings is 1. The lowest BCUT2D eigenvalue weighted by atomic mass is 10.1. The minimum Gasteiger partial charge on any atom is -0.465 e. The Bertz CT molecular complexity index is 991. The van der Waals surface area contributed by atoms with Crippen LogP contribution >= 0.6 is 11.3 Å². The molecule has 0 saturated carbocycles. The van der Waals surface area contributed by atoms with Crippen molar-refractivity contribution in [3.63, 3.8) is 0 Å². The lowest BCUT2D eigenvalue weighted by Crippen LogP contribution is -2.48. The van der Waals surface area contributed by atoms with Crippen LogP contribution in [0.5, 0.6) is 0 Å². The van der Waals surface area contributed by atoms with E-state index in [-0.39, 0.29) is 17.4 Å². The Balaban J connectivity index is 2.19. The molecule has 170 valence electrons. The summed E-state index contributed by atoms with van der Waals surface area (Å²) in [4.78, 5) is 25.8. The number of amides is 1. The van der Waals surface area contributed by atoms with E-state index in [9.17, 15) is 31.2 Å². The third kappa shape index (κ3) is 7.04.